The van der Waals surface area contributed by atoms with Crippen molar-refractivity contribution in [2.45, 2.75) is 13.3 Å². The number of anilines is 2. The number of hydrogen-bond donors (Lipinski definition) is 3. The number of nitrogen functional groups attached to an aromatic ring is 2. The summed E-state index contributed by atoms with van der Waals surface area (Å²) in [5.41, 5.74) is 13.1. The van der Waals surface area contributed by atoms with E-state index in [4.69, 9.17) is 30.8 Å². The number of ether oxygens (including phenoxy) is 2. The van der Waals surface area contributed by atoms with Gasteiger partial charge in [-0.15, -0.1) is 0 Å². The van der Waals surface area contributed by atoms with Crippen molar-refractivity contribution in [1.82, 2.24) is 9.97 Å². The Bertz CT molecular complexity index is 673. The molecule has 8 nitrogen and oxygen atoms in total. The first-order valence-corrected chi connectivity index (χ1v) is 6.64. The van der Waals surface area contributed by atoms with Gasteiger partial charge in [0.1, 0.15) is 5.82 Å². The highest BCUT2D eigenvalue weighted by atomic mass is 16.5. The van der Waals surface area contributed by atoms with Crippen LogP contribution in [0.5, 0.6) is 11.5 Å². The topological polar surface area (TPSA) is 134 Å². The fourth-order valence-electron chi connectivity index (χ4n) is 1.78. The van der Waals surface area contributed by atoms with Crippen LogP contribution < -0.4 is 20.9 Å². The summed E-state index contributed by atoms with van der Waals surface area (Å²) in [6, 6.07) is 5.69. The number of hydrogen-bond acceptors (Lipinski definition) is 7. The lowest BCUT2D eigenvalue weighted by atomic mass is 10.1. The summed E-state index contributed by atoms with van der Waals surface area (Å²) in [5.74, 6) is 1.10. The molecule has 2 rings (SSSR count). The van der Waals surface area contributed by atoms with Gasteiger partial charge >= 0.3 is 0 Å². The molecule has 0 fully saturated rings. The van der Waals surface area contributed by atoms with Gasteiger partial charge in [0.25, 0.3) is 5.97 Å². The lowest BCUT2D eigenvalue weighted by Crippen LogP contribution is -2.04. The third kappa shape index (κ3) is 5.70. The van der Waals surface area contributed by atoms with E-state index in [2.05, 4.69) is 9.97 Å². The molecule has 0 amide bonds. The maximum Gasteiger partial charge on any atom is 0.300 e. The summed E-state index contributed by atoms with van der Waals surface area (Å²) in [4.78, 5) is 16.9. The van der Waals surface area contributed by atoms with Crippen LogP contribution in [0.15, 0.2) is 24.4 Å². The number of methoxy groups -OCH3 is 2. The van der Waals surface area contributed by atoms with E-state index in [1.165, 1.54) is 0 Å². The Labute approximate surface area is 134 Å². The second-order valence-electron chi connectivity index (χ2n) is 4.52. The number of carboxylic acid groups (broad SMARTS) is 1. The largest absolute Gasteiger partial charge is 0.493 e. The molecule has 0 saturated carbocycles. The zero-order valence-electron chi connectivity index (χ0n) is 13.2. The molecule has 1 aromatic heterocycles. The van der Waals surface area contributed by atoms with Crippen LogP contribution in [-0.4, -0.2) is 35.3 Å². The van der Waals surface area contributed by atoms with Crippen LogP contribution in [-0.2, 0) is 11.2 Å². The van der Waals surface area contributed by atoms with E-state index in [0.29, 0.717) is 23.7 Å². The summed E-state index contributed by atoms with van der Waals surface area (Å²) in [7, 11) is 3.20. The highest BCUT2D eigenvalue weighted by Crippen LogP contribution is 2.28. The zero-order valence-corrected chi connectivity index (χ0v) is 13.2. The number of nitrogens with zero attached hydrogens (tertiary/aromatic N) is 2. The maximum absolute atomic E-state index is 9.00. The maximum atomic E-state index is 9.00. The van der Waals surface area contributed by atoms with Gasteiger partial charge in [0.15, 0.2) is 11.5 Å². The number of aliphatic carboxylic acids is 1. The summed E-state index contributed by atoms with van der Waals surface area (Å²) in [5, 5.41) is 7.42. The molecule has 0 unspecified atom stereocenters. The van der Waals surface area contributed by atoms with Gasteiger partial charge in [0, 0.05) is 25.1 Å². The lowest BCUT2D eigenvalue weighted by molar-refractivity contribution is -0.134. The molecular formula is C15H20N4O4. The predicted octanol–water partition coefficient (Wildman–Crippen LogP) is 1.34. The van der Waals surface area contributed by atoms with E-state index in [9.17, 15) is 0 Å². The van der Waals surface area contributed by atoms with E-state index in [-0.39, 0.29) is 5.95 Å². The fourth-order valence-corrected chi connectivity index (χ4v) is 1.78. The highest BCUT2D eigenvalue weighted by Gasteiger charge is 2.08. The first-order valence-electron chi connectivity index (χ1n) is 6.64. The number of rotatable bonds is 4. The number of carbonyl (C=O) groups is 1. The van der Waals surface area contributed by atoms with Gasteiger partial charge < -0.3 is 26.0 Å². The van der Waals surface area contributed by atoms with Crippen LogP contribution in [0.2, 0.25) is 0 Å². The van der Waals surface area contributed by atoms with Crippen molar-refractivity contribution in [3.05, 3.63) is 35.5 Å². The fraction of sp³-hybridized carbons (Fsp3) is 0.267. The molecule has 124 valence electrons. The Balaban J connectivity index is 0.000000593. The first-order chi connectivity index (χ1) is 10.9. The van der Waals surface area contributed by atoms with Crippen LogP contribution >= 0.6 is 0 Å². The van der Waals surface area contributed by atoms with Crippen molar-refractivity contribution in [2.75, 3.05) is 25.7 Å². The van der Waals surface area contributed by atoms with Crippen LogP contribution in [0.4, 0.5) is 11.8 Å². The molecule has 0 aliphatic rings. The summed E-state index contributed by atoms with van der Waals surface area (Å²) in [6.45, 7) is 1.08. The number of aromatic nitrogens is 2. The van der Waals surface area contributed by atoms with Gasteiger partial charge in [-0.2, -0.15) is 4.98 Å². The predicted molar refractivity (Wildman–Crippen MR) is 86.5 cm³/mol. The van der Waals surface area contributed by atoms with E-state index in [1.54, 1.807) is 20.4 Å². The number of nitrogens with two attached hydrogens (primary N) is 2. The summed E-state index contributed by atoms with van der Waals surface area (Å²) < 4.78 is 10.4. The van der Waals surface area contributed by atoms with E-state index < -0.39 is 5.97 Å². The summed E-state index contributed by atoms with van der Waals surface area (Å²) >= 11 is 0. The molecule has 0 saturated heterocycles. The van der Waals surface area contributed by atoms with E-state index in [1.807, 2.05) is 18.2 Å². The van der Waals surface area contributed by atoms with Gasteiger partial charge in [0.2, 0.25) is 5.95 Å². The SMILES string of the molecule is CC(=O)O.COc1ccc(Cc2cnc(N)nc2N)cc1OC. The molecule has 0 aliphatic carbocycles. The minimum absolute atomic E-state index is 0.175. The Morgan fingerprint density at radius 2 is 1.83 bits per heavy atom. The molecule has 0 bridgehead atoms. The van der Waals surface area contributed by atoms with Gasteiger partial charge in [-0.05, 0) is 17.7 Å². The van der Waals surface area contributed by atoms with Crippen molar-refractivity contribution in [1.29, 1.82) is 0 Å². The van der Waals surface area contributed by atoms with Crippen molar-refractivity contribution in [2.24, 2.45) is 0 Å². The third-order valence-corrected chi connectivity index (χ3v) is 2.76. The molecular weight excluding hydrogens is 300 g/mol. The average Bonchev–Trinajstić information content (AvgIpc) is 2.49. The molecule has 2 aromatic rings. The smallest absolute Gasteiger partial charge is 0.300 e. The molecule has 0 atom stereocenters. The van der Waals surface area contributed by atoms with Crippen LogP contribution in [0.25, 0.3) is 0 Å². The minimum Gasteiger partial charge on any atom is -0.493 e. The van der Waals surface area contributed by atoms with Crippen molar-refractivity contribution < 1.29 is 19.4 Å². The van der Waals surface area contributed by atoms with E-state index >= 15 is 0 Å². The van der Waals surface area contributed by atoms with Crippen molar-refractivity contribution in [3.8, 4) is 11.5 Å². The lowest BCUT2D eigenvalue weighted by Gasteiger charge is -2.10. The van der Waals surface area contributed by atoms with Gasteiger partial charge in [0.05, 0.1) is 14.2 Å². The third-order valence-electron chi connectivity index (χ3n) is 2.76. The van der Waals surface area contributed by atoms with Crippen LogP contribution in [0.1, 0.15) is 18.1 Å². The molecule has 5 N–H and O–H groups in total. The second kappa shape index (κ2) is 8.42. The molecule has 0 aliphatic heterocycles. The molecule has 1 aromatic carbocycles. The number of carboxylic acids is 1. The Kier molecular flexibility index (Phi) is 6.60. The van der Waals surface area contributed by atoms with Crippen LogP contribution in [0.3, 0.4) is 0 Å². The van der Waals surface area contributed by atoms with Gasteiger partial charge in [-0.3, -0.25) is 4.79 Å². The monoisotopic (exact) mass is 320 g/mol. The molecule has 0 radical (unpaired) electrons. The molecule has 23 heavy (non-hydrogen) atoms. The summed E-state index contributed by atoms with van der Waals surface area (Å²) in [6.07, 6.45) is 2.24. The van der Waals surface area contributed by atoms with Crippen molar-refractivity contribution in [3.63, 3.8) is 0 Å². The molecule has 1 heterocycles. The highest BCUT2D eigenvalue weighted by molar-refractivity contribution is 5.63. The van der Waals surface area contributed by atoms with Gasteiger partial charge in [-0.25, -0.2) is 4.98 Å². The average molecular weight is 320 g/mol. The molecule has 0 spiro atoms. The number of benzene rings is 1. The van der Waals surface area contributed by atoms with Crippen molar-refractivity contribution >= 4 is 17.7 Å². The zero-order chi connectivity index (χ0) is 17.4. The van der Waals surface area contributed by atoms with Gasteiger partial charge in [-0.1, -0.05) is 6.07 Å². The second-order valence-corrected chi connectivity index (χ2v) is 4.52. The Morgan fingerprint density at radius 3 is 2.35 bits per heavy atom. The molecule has 8 heteroatoms. The normalized spacial score (nSPS) is 9.52. The van der Waals surface area contributed by atoms with E-state index in [0.717, 1.165) is 18.1 Å². The quantitative estimate of drug-likeness (QED) is 0.768. The first kappa shape index (κ1) is 18.0. The Hall–Kier alpha value is -3.03. The van der Waals surface area contributed by atoms with Crippen LogP contribution in [0, 0.1) is 0 Å². The standard InChI is InChI=1S/C13H16N4O2.C2H4O2/c1-18-10-4-3-8(6-11(10)19-2)5-9-7-16-13(15)17-12(9)14;1-2(3)4/h3-4,6-7H,5H2,1-2H3,(H4,14,15,16,17);1H3,(H,3,4). The Morgan fingerprint density at radius 1 is 1.22 bits per heavy atom. The minimum atomic E-state index is -0.833.